The largest absolute Gasteiger partial charge is 0.489 e. The maximum absolute atomic E-state index is 14.9. The zero-order chi connectivity index (χ0) is 26.8. The van der Waals surface area contributed by atoms with Crippen LogP contribution in [0.3, 0.4) is 0 Å². The number of nitrogens with zero attached hydrogens (tertiary/aromatic N) is 1. The number of carbonyl (C=O) groups excluding carboxylic acids is 2. The number of fused-ring (bicyclic) bond motifs is 1. The number of hydrogen-bond donors (Lipinski definition) is 1. The number of nitrogens with two attached hydrogens (primary N) is 1. The lowest BCUT2D eigenvalue weighted by atomic mass is 9.97. The van der Waals surface area contributed by atoms with Gasteiger partial charge in [0.25, 0.3) is 11.8 Å². The Morgan fingerprint density at radius 3 is 2.35 bits per heavy atom. The van der Waals surface area contributed by atoms with Gasteiger partial charge in [0.2, 0.25) is 5.91 Å². The normalized spacial score (nSPS) is 16.1. The van der Waals surface area contributed by atoms with Crippen molar-refractivity contribution in [3.05, 3.63) is 101 Å². The van der Waals surface area contributed by atoms with E-state index in [1.807, 2.05) is 0 Å². The fourth-order valence-corrected chi connectivity index (χ4v) is 4.10. The Bertz CT molecular complexity index is 1350. The third kappa shape index (κ3) is 5.63. The molecule has 3 aromatic carbocycles. The van der Waals surface area contributed by atoms with E-state index in [1.54, 1.807) is 30.3 Å². The maximum atomic E-state index is 14.9. The van der Waals surface area contributed by atoms with Crippen LogP contribution in [0.4, 0.5) is 27.6 Å². The van der Waals surface area contributed by atoms with Crippen molar-refractivity contribution in [3.8, 4) is 5.75 Å². The van der Waals surface area contributed by atoms with Gasteiger partial charge in [-0.05, 0) is 29.8 Å². The summed E-state index contributed by atoms with van der Waals surface area (Å²) in [5.41, 5.74) is 2.93. The van der Waals surface area contributed by atoms with E-state index in [2.05, 4.69) is 0 Å². The molecule has 0 radical (unpaired) electrons. The molecule has 0 saturated heterocycles. The molecule has 0 atom stereocenters. The van der Waals surface area contributed by atoms with Crippen LogP contribution in [-0.4, -0.2) is 24.3 Å². The molecule has 0 aliphatic carbocycles. The van der Waals surface area contributed by atoms with E-state index in [9.17, 15) is 31.5 Å². The number of primary amides is 1. The molecular formula is C27H21F5N2O3. The molecule has 1 heterocycles. The molecule has 192 valence electrons. The predicted octanol–water partition coefficient (Wildman–Crippen LogP) is 5.84. The van der Waals surface area contributed by atoms with Crippen LogP contribution < -0.4 is 15.4 Å². The van der Waals surface area contributed by atoms with Crippen LogP contribution in [0, 0.1) is 0 Å². The Hall–Kier alpha value is -4.21. The quantitative estimate of drug-likeness (QED) is 0.342. The fourth-order valence-electron chi connectivity index (χ4n) is 4.10. The summed E-state index contributed by atoms with van der Waals surface area (Å²) in [6, 6.07) is 17.2. The number of alkyl halides is 5. The number of amides is 2. The van der Waals surface area contributed by atoms with Crippen molar-refractivity contribution in [1.82, 2.24) is 0 Å². The smallest absolute Gasteiger partial charge is 0.417 e. The van der Waals surface area contributed by atoms with Crippen molar-refractivity contribution >= 4 is 23.1 Å². The summed E-state index contributed by atoms with van der Waals surface area (Å²) in [7, 11) is 0. The van der Waals surface area contributed by atoms with E-state index in [4.69, 9.17) is 10.5 Å². The summed E-state index contributed by atoms with van der Waals surface area (Å²) in [6.07, 6.45) is -5.28. The number of allylic oxidation sites excluding steroid dienone is 1. The van der Waals surface area contributed by atoms with Gasteiger partial charge in [0.15, 0.2) is 0 Å². The molecule has 0 fully saturated rings. The van der Waals surface area contributed by atoms with Crippen LogP contribution in [0.15, 0.2) is 78.9 Å². The lowest BCUT2D eigenvalue weighted by molar-refractivity contribution is -0.138. The first kappa shape index (κ1) is 25.9. The van der Waals surface area contributed by atoms with Gasteiger partial charge in [-0.25, -0.2) is 8.78 Å². The van der Waals surface area contributed by atoms with Crippen molar-refractivity contribution in [2.45, 2.75) is 25.1 Å². The lowest BCUT2D eigenvalue weighted by Gasteiger charge is -2.24. The molecule has 2 N–H and O–H groups in total. The van der Waals surface area contributed by atoms with Crippen LogP contribution in [0.1, 0.15) is 33.5 Å². The zero-order valence-corrected chi connectivity index (χ0v) is 19.3. The lowest BCUT2D eigenvalue weighted by Crippen LogP contribution is -2.34. The summed E-state index contributed by atoms with van der Waals surface area (Å²) in [4.78, 5) is 25.7. The Morgan fingerprint density at radius 2 is 1.68 bits per heavy atom. The van der Waals surface area contributed by atoms with Crippen molar-refractivity contribution in [2.75, 3.05) is 11.4 Å². The number of benzene rings is 3. The molecule has 1 aliphatic rings. The Balaban J connectivity index is 1.74. The predicted molar refractivity (Wildman–Crippen MR) is 127 cm³/mol. The van der Waals surface area contributed by atoms with Crippen LogP contribution in [0.25, 0.3) is 5.57 Å². The monoisotopic (exact) mass is 516 g/mol. The van der Waals surface area contributed by atoms with Gasteiger partial charge >= 0.3 is 6.18 Å². The Labute approximate surface area is 208 Å². The van der Waals surface area contributed by atoms with Gasteiger partial charge in [0.1, 0.15) is 12.4 Å². The summed E-state index contributed by atoms with van der Waals surface area (Å²) >= 11 is 0. The average Bonchev–Trinajstić information content (AvgIpc) is 2.96. The summed E-state index contributed by atoms with van der Waals surface area (Å²) in [6.45, 7) is -0.586. The highest BCUT2D eigenvalue weighted by Crippen LogP contribution is 2.44. The van der Waals surface area contributed by atoms with E-state index in [0.29, 0.717) is 12.1 Å². The topological polar surface area (TPSA) is 72.6 Å². The van der Waals surface area contributed by atoms with E-state index in [0.717, 1.165) is 16.5 Å². The van der Waals surface area contributed by atoms with Crippen molar-refractivity contribution < 1.29 is 36.3 Å². The minimum absolute atomic E-state index is 0.00892. The summed E-state index contributed by atoms with van der Waals surface area (Å²) in [5, 5.41) is 0. The molecule has 2 amide bonds. The molecule has 0 spiro atoms. The van der Waals surface area contributed by atoms with Gasteiger partial charge in [-0.2, -0.15) is 13.2 Å². The van der Waals surface area contributed by atoms with E-state index in [-0.39, 0.29) is 23.6 Å². The number of hydrogen-bond acceptors (Lipinski definition) is 3. The second-order valence-electron chi connectivity index (χ2n) is 8.37. The number of rotatable bonds is 5. The molecule has 0 saturated carbocycles. The van der Waals surface area contributed by atoms with Crippen LogP contribution in [0.5, 0.6) is 5.75 Å². The van der Waals surface area contributed by atoms with Crippen LogP contribution in [-0.2, 0) is 17.6 Å². The SMILES string of the molecule is NC(=O)/C=C1/c2ccccc2N(C(=O)c2ccc(OCc3ccccc3)cc2C(F)(F)F)CCC1(F)F. The van der Waals surface area contributed by atoms with Crippen molar-refractivity contribution in [1.29, 1.82) is 0 Å². The maximum Gasteiger partial charge on any atom is 0.417 e. The van der Waals surface area contributed by atoms with Crippen molar-refractivity contribution in [2.24, 2.45) is 5.73 Å². The first-order valence-electron chi connectivity index (χ1n) is 11.2. The highest BCUT2D eigenvalue weighted by atomic mass is 19.4. The van der Waals surface area contributed by atoms with Gasteiger partial charge in [0.05, 0.1) is 16.8 Å². The molecule has 5 nitrogen and oxygen atoms in total. The summed E-state index contributed by atoms with van der Waals surface area (Å²) in [5.74, 6) is -5.90. The molecule has 0 aromatic heterocycles. The van der Waals surface area contributed by atoms with Gasteiger partial charge < -0.3 is 15.4 Å². The fraction of sp³-hybridized carbons (Fsp3) is 0.185. The zero-order valence-electron chi connectivity index (χ0n) is 19.3. The second kappa shape index (κ2) is 10.0. The Kier molecular flexibility index (Phi) is 7.02. The third-order valence-corrected chi connectivity index (χ3v) is 5.84. The molecule has 0 bridgehead atoms. The Morgan fingerprint density at radius 1 is 1.00 bits per heavy atom. The molecule has 0 unspecified atom stereocenters. The van der Waals surface area contributed by atoms with Gasteiger partial charge in [0, 0.05) is 30.2 Å². The number of halogens is 5. The molecule has 3 aromatic rings. The average molecular weight is 516 g/mol. The molecule has 10 heteroatoms. The summed E-state index contributed by atoms with van der Waals surface area (Å²) < 4.78 is 77.4. The van der Waals surface area contributed by atoms with Gasteiger partial charge in [-0.15, -0.1) is 0 Å². The second-order valence-corrected chi connectivity index (χ2v) is 8.37. The molecule has 37 heavy (non-hydrogen) atoms. The van der Waals surface area contributed by atoms with Gasteiger partial charge in [-0.3, -0.25) is 9.59 Å². The highest BCUT2D eigenvalue weighted by molar-refractivity contribution is 6.10. The highest BCUT2D eigenvalue weighted by Gasteiger charge is 2.43. The molecule has 1 aliphatic heterocycles. The minimum atomic E-state index is -4.93. The van der Waals surface area contributed by atoms with Crippen LogP contribution >= 0.6 is 0 Å². The third-order valence-electron chi connectivity index (χ3n) is 5.84. The van der Waals surface area contributed by atoms with E-state index < -0.39 is 53.6 Å². The van der Waals surface area contributed by atoms with E-state index >= 15 is 0 Å². The number of anilines is 1. The van der Waals surface area contributed by atoms with Crippen LogP contribution in [0.2, 0.25) is 0 Å². The standard InChI is InChI=1S/C27H21F5N2O3/c28-26(29)12-13-34(23-9-5-4-8-19(23)21(26)15-24(33)35)25(36)20-11-10-18(14-22(20)27(30,31)32)37-16-17-6-2-1-3-7-17/h1-11,14-15H,12-13,16H2,(H2,33,35)/b21-15-. The van der Waals surface area contributed by atoms with Gasteiger partial charge in [-0.1, -0.05) is 48.5 Å². The number of ether oxygens (including phenoxy) is 1. The molecular weight excluding hydrogens is 495 g/mol. The first-order chi connectivity index (χ1) is 17.5. The number of carbonyl (C=O) groups is 2. The first-order valence-corrected chi connectivity index (χ1v) is 11.2. The van der Waals surface area contributed by atoms with Crippen molar-refractivity contribution in [3.63, 3.8) is 0 Å². The molecule has 4 rings (SSSR count). The van der Waals surface area contributed by atoms with E-state index in [1.165, 1.54) is 30.3 Å². The number of para-hydroxylation sites is 1. The minimum Gasteiger partial charge on any atom is -0.489 e.